The number of nitrogens with two attached hydrogens (primary N) is 1. The second-order valence-electron chi connectivity index (χ2n) is 6.18. The van der Waals surface area contributed by atoms with Crippen LogP contribution in [0.2, 0.25) is 0 Å². The van der Waals surface area contributed by atoms with Crippen LogP contribution in [0, 0.1) is 5.92 Å². The number of nitrogens with zero attached hydrogens (tertiary/aromatic N) is 3. The van der Waals surface area contributed by atoms with E-state index in [-0.39, 0.29) is 6.10 Å². The van der Waals surface area contributed by atoms with Crippen molar-refractivity contribution in [1.82, 2.24) is 9.97 Å². The summed E-state index contributed by atoms with van der Waals surface area (Å²) in [6, 6.07) is 0.604. The van der Waals surface area contributed by atoms with Crippen LogP contribution in [0.5, 0.6) is 5.88 Å². The van der Waals surface area contributed by atoms with E-state index in [1.54, 1.807) is 6.33 Å². The minimum absolute atomic E-state index is 0.0704. The highest BCUT2D eigenvalue weighted by atomic mass is 16.5. The summed E-state index contributed by atoms with van der Waals surface area (Å²) in [5.41, 5.74) is 6.83. The topological polar surface area (TPSA) is 64.3 Å². The highest BCUT2D eigenvalue weighted by Crippen LogP contribution is 2.41. The Bertz CT molecular complexity index is 477. The molecule has 2 unspecified atom stereocenters. The van der Waals surface area contributed by atoms with Crippen LogP contribution in [0.1, 0.15) is 46.0 Å². The zero-order valence-corrected chi connectivity index (χ0v) is 12.4. The van der Waals surface area contributed by atoms with Crippen molar-refractivity contribution >= 4 is 11.5 Å². The van der Waals surface area contributed by atoms with Gasteiger partial charge in [-0.1, -0.05) is 12.8 Å². The van der Waals surface area contributed by atoms with E-state index in [2.05, 4.69) is 14.9 Å². The van der Waals surface area contributed by atoms with E-state index in [1.165, 1.54) is 32.1 Å². The van der Waals surface area contributed by atoms with Gasteiger partial charge in [0.25, 0.3) is 0 Å². The molecule has 3 rings (SSSR count). The fourth-order valence-corrected chi connectivity index (χ4v) is 3.59. The van der Waals surface area contributed by atoms with Gasteiger partial charge in [0.15, 0.2) is 5.82 Å². The van der Waals surface area contributed by atoms with Gasteiger partial charge < -0.3 is 15.4 Å². The van der Waals surface area contributed by atoms with Crippen LogP contribution in [0.4, 0.5) is 11.5 Å². The molecular formula is C15H24N4O. The summed E-state index contributed by atoms with van der Waals surface area (Å²) in [7, 11) is 0. The van der Waals surface area contributed by atoms with Gasteiger partial charge in [0.1, 0.15) is 12.0 Å². The second kappa shape index (κ2) is 5.46. The van der Waals surface area contributed by atoms with Crippen LogP contribution in [-0.4, -0.2) is 28.7 Å². The zero-order chi connectivity index (χ0) is 14.1. The first-order valence-corrected chi connectivity index (χ1v) is 7.70. The van der Waals surface area contributed by atoms with Crippen LogP contribution in [0.3, 0.4) is 0 Å². The third-order valence-corrected chi connectivity index (χ3v) is 4.46. The van der Waals surface area contributed by atoms with Crippen molar-refractivity contribution in [1.29, 1.82) is 0 Å². The standard InChI is InChI=1S/C15H24N4O/c1-10(2)20-15-13(16)14(17-9-18-15)19-8-7-11-5-3-4-6-12(11)19/h9-12H,3-8,16H2,1-2H3. The van der Waals surface area contributed by atoms with Crippen molar-refractivity contribution in [2.75, 3.05) is 17.2 Å². The van der Waals surface area contributed by atoms with E-state index in [9.17, 15) is 0 Å². The molecule has 0 aromatic carbocycles. The first-order chi connectivity index (χ1) is 9.66. The van der Waals surface area contributed by atoms with Gasteiger partial charge >= 0.3 is 0 Å². The molecule has 1 saturated heterocycles. The predicted octanol–water partition coefficient (Wildman–Crippen LogP) is 2.61. The third-order valence-electron chi connectivity index (χ3n) is 4.46. The van der Waals surface area contributed by atoms with Crippen LogP contribution in [0.15, 0.2) is 6.33 Å². The first-order valence-electron chi connectivity index (χ1n) is 7.70. The molecule has 110 valence electrons. The molecule has 0 bridgehead atoms. The number of hydrogen-bond acceptors (Lipinski definition) is 5. The highest BCUT2D eigenvalue weighted by molar-refractivity contribution is 5.68. The van der Waals surface area contributed by atoms with E-state index in [0.717, 1.165) is 18.3 Å². The smallest absolute Gasteiger partial charge is 0.242 e. The fraction of sp³-hybridized carbons (Fsp3) is 0.733. The quantitative estimate of drug-likeness (QED) is 0.919. The lowest BCUT2D eigenvalue weighted by atomic mass is 9.85. The van der Waals surface area contributed by atoms with Crippen molar-refractivity contribution < 1.29 is 4.74 Å². The number of nitrogen functional groups attached to an aromatic ring is 1. The van der Waals surface area contributed by atoms with E-state index in [1.807, 2.05) is 13.8 Å². The molecule has 1 aliphatic heterocycles. The van der Waals surface area contributed by atoms with E-state index >= 15 is 0 Å². The van der Waals surface area contributed by atoms with Gasteiger partial charge in [0, 0.05) is 12.6 Å². The molecule has 1 aliphatic carbocycles. The minimum atomic E-state index is 0.0704. The maximum absolute atomic E-state index is 6.24. The molecule has 1 aromatic heterocycles. The van der Waals surface area contributed by atoms with Crippen molar-refractivity contribution in [2.24, 2.45) is 5.92 Å². The molecule has 0 radical (unpaired) electrons. The summed E-state index contributed by atoms with van der Waals surface area (Å²) in [5.74, 6) is 2.20. The molecule has 2 aliphatic rings. The Morgan fingerprint density at radius 3 is 2.85 bits per heavy atom. The van der Waals surface area contributed by atoms with Gasteiger partial charge in [0.2, 0.25) is 5.88 Å². The zero-order valence-electron chi connectivity index (χ0n) is 12.4. The molecule has 0 amide bonds. The van der Waals surface area contributed by atoms with Gasteiger partial charge in [-0.25, -0.2) is 4.98 Å². The Morgan fingerprint density at radius 1 is 1.25 bits per heavy atom. The Hall–Kier alpha value is -1.52. The SMILES string of the molecule is CC(C)Oc1ncnc(N2CCC3CCCCC32)c1N. The van der Waals surface area contributed by atoms with Gasteiger partial charge in [-0.2, -0.15) is 4.98 Å². The first kappa shape index (κ1) is 13.5. The summed E-state index contributed by atoms with van der Waals surface area (Å²) < 4.78 is 5.68. The monoisotopic (exact) mass is 276 g/mol. The Morgan fingerprint density at radius 2 is 2.05 bits per heavy atom. The summed E-state index contributed by atoms with van der Waals surface area (Å²) in [6.07, 6.45) is 8.19. The van der Waals surface area contributed by atoms with Crippen molar-refractivity contribution in [3.8, 4) is 5.88 Å². The molecule has 20 heavy (non-hydrogen) atoms. The van der Waals surface area contributed by atoms with E-state index in [0.29, 0.717) is 17.6 Å². The molecule has 1 saturated carbocycles. The third kappa shape index (κ3) is 2.41. The molecule has 0 spiro atoms. The second-order valence-corrected chi connectivity index (χ2v) is 6.18. The summed E-state index contributed by atoms with van der Waals surface area (Å²) in [5, 5.41) is 0. The minimum Gasteiger partial charge on any atom is -0.473 e. The molecular weight excluding hydrogens is 252 g/mol. The predicted molar refractivity (Wildman–Crippen MR) is 79.9 cm³/mol. The molecule has 2 atom stereocenters. The maximum Gasteiger partial charge on any atom is 0.242 e. The molecule has 5 heteroatoms. The van der Waals surface area contributed by atoms with Crippen LogP contribution in [-0.2, 0) is 0 Å². The molecule has 5 nitrogen and oxygen atoms in total. The fourth-order valence-electron chi connectivity index (χ4n) is 3.59. The number of aromatic nitrogens is 2. The Balaban J connectivity index is 1.86. The van der Waals surface area contributed by atoms with Crippen LogP contribution < -0.4 is 15.4 Å². The van der Waals surface area contributed by atoms with Crippen LogP contribution in [0.25, 0.3) is 0 Å². The lowest BCUT2D eigenvalue weighted by Gasteiger charge is -2.33. The lowest BCUT2D eigenvalue weighted by molar-refractivity contribution is 0.234. The Labute approximate surface area is 120 Å². The highest BCUT2D eigenvalue weighted by Gasteiger charge is 2.37. The summed E-state index contributed by atoms with van der Waals surface area (Å²) >= 11 is 0. The Kier molecular flexibility index (Phi) is 3.68. The average molecular weight is 276 g/mol. The normalized spacial score (nSPS) is 25.9. The molecule has 2 heterocycles. The van der Waals surface area contributed by atoms with E-state index in [4.69, 9.17) is 10.5 Å². The molecule has 1 aromatic rings. The number of ether oxygens (including phenoxy) is 1. The number of anilines is 2. The van der Waals surface area contributed by atoms with E-state index < -0.39 is 0 Å². The van der Waals surface area contributed by atoms with Crippen molar-refractivity contribution in [2.45, 2.75) is 58.1 Å². The number of rotatable bonds is 3. The van der Waals surface area contributed by atoms with Crippen LogP contribution >= 0.6 is 0 Å². The van der Waals surface area contributed by atoms with Crippen molar-refractivity contribution in [3.05, 3.63) is 6.33 Å². The average Bonchev–Trinajstić information content (AvgIpc) is 2.85. The number of hydrogen-bond donors (Lipinski definition) is 1. The molecule has 2 N–H and O–H groups in total. The molecule has 2 fully saturated rings. The van der Waals surface area contributed by atoms with Gasteiger partial charge in [-0.15, -0.1) is 0 Å². The van der Waals surface area contributed by atoms with Gasteiger partial charge in [0.05, 0.1) is 6.10 Å². The van der Waals surface area contributed by atoms with Crippen molar-refractivity contribution in [3.63, 3.8) is 0 Å². The summed E-state index contributed by atoms with van der Waals surface area (Å²) in [6.45, 7) is 5.01. The largest absolute Gasteiger partial charge is 0.473 e. The van der Waals surface area contributed by atoms with Gasteiger partial charge in [-0.3, -0.25) is 0 Å². The van der Waals surface area contributed by atoms with Gasteiger partial charge in [-0.05, 0) is 39.0 Å². The maximum atomic E-state index is 6.24. The lowest BCUT2D eigenvalue weighted by Crippen LogP contribution is -2.35. The summed E-state index contributed by atoms with van der Waals surface area (Å²) in [4.78, 5) is 11.0. The number of fused-ring (bicyclic) bond motifs is 1.